The molecular weight excluding hydrogens is 277 g/mol. The van der Waals surface area contributed by atoms with Crippen molar-refractivity contribution in [3.8, 4) is 16.9 Å². The van der Waals surface area contributed by atoms with Gasteiger partial charge in [-0.25, -0.2) is 8.78 Å². The molecule has 110 valence electrons. The van der Waals surface area contributed by atoms with Gasteiger partial charge in [0.15, 0.2) is 11.6 Å². The first kappa shape index (κ1) is 15.2. The van der Waals surface area contributed by atoms with Gasteiger partial charge in [0.1, 0.15) is 0 Å². The van der Waals surface area contributed by atoms with Crippen LogP contribution in [0.5, 0.6) is 5.75 Å². The molecule has 0 aromatic heterocycles. The average molecular weight is 292 g/mol. The van der Waals surface area contributed by atoms with Crippen molar-refractivity contribution in [1.82, 2.24) is 0 Å². The molecule has 4 heteroatoms. The SMILES string of the molecule is CCOc1ccc(-c2ccc(C=C(C)F)cc2)c(F)c1F. The minimum absolute atomic E-state index is 0.105. The lowest BCUT2D eigenvalue weighted by atomic mass is 10.0. The van der Waals surface area contributed by atoms with Crippen molar-refractivity contribution in [2.75, 3.05) is 6.61 Å². The van der Waals surface area contributed by atoms with Crippen LogP contribution >= 0.6 is 0 Å². The number of allylic oxidation sites excluding steroid dienone is 1. The summed E-state index contributed by atoms with van der Waals surface area (Å²) in [5.74, 6) is -2.38. The third-order valence-corrected chi connectivity index (χ3v) is 2.93. The molecule has 2 aromatic carbocycles. The van der Waals surface area contributed by atoms with Crippen molar-refractivity contribution in [1.29, 1.82) is 0 Å². The fourth-order valence-corrected chi connectivity index (χ4v) is 2.01. The summed E-state index contributed by atoms with van der Waals surface area (Å²) in [5.41, 5.74) is 1.32. The van der Waals surface area contributed by atoms with Gasteiger partial charge >= 0.3 is 0 Å². The molecule has 2 aromatic rings. The number of ether oxygens (including phenoxy) is 1. The number of hydrogen-bond acceptors (Lipinski definition) is 1. The topological polar surface area (TPSA) is 9.23 Å². The molecule has 0 aliphatic carbocycles. The maximum atomic E-state index is 14.1. The van der Waals surface area contributed by atoms with E-state index in [2.05, 4.69) is 0 Å². The summed E-state index contributed by atoms with van der Waals surface area (Å²) < 4.78 is 45.7. The molecule has 0 amide bonds. The Morgan fingerprint density at radius 1 is 1.05 bits per heavy atom. The zero-order chi connectivity index (χ0) is 15.4. The van der Waals surface area contributed by atoms with Gasteiger partial charge in [-0.05, 0) is 43.2 Å². The zero-order valence-electron chi connectivity index (χ0n) is 11.8. The summed E-state index contributed by atoms with van der Waals surface area (Å²) in [6.45, 7) is 3.30. The lowest BCUT2D eigenvalue weighted by molar-refractivity contribution is 0.314. The van der Waals surface area contributed by atoms with Gasteiger partial charge < -0.3 is 4.74 Å². The molecule has 0 aliphatic heterocycles. The molecule has 0 radical (unpaired) electrons. The van der Waals surface area contributed by atoms with Crippen LogP contribution in [-0.4, -0.2) is 6.61 Å². The van der Waals surface area contributed by atoms with E-state index in [0.717, 1.165) is 0 Å². The highest BCUT2D eigenvalue weighted by Gasteiger charge is 2.15. The van der Waals surface area contributed by atoms with E-state index in [9.17, 15) is 13.2 Å². The lowest BCUT2D eigenvalue weighted by Gasteiger charge is -2.09. The minimum atomic E-state index is -1.00. The van der Waals surface area contributed by atoms with Gasteiger partial charge in [-0.15, -0.1) is 0 Å². The summed E-state index contributed by atoms with van der Waals surface area (Å²) >= 11 is 0. The van der Waals surface area contributed by atoms with Crippen LogP contribution in [0.15, 0.2) is 42.2 Å². The Hall–Kier alpha value is -2.23. The molecule has 0 atom stereocenters. The Balaban J connectivity index is 2.38. The van der Waals surface area contributed by atoms with Crippen LogP contribution in [0.4, 0.5) is 13.2 Å². The molecule has 0 spiro atoms. The van der Waals surface area contributed by atoms with E-state index in [1.807, 2.05) is 0 Å². The highest BCUT2D eigenvalue weighted by atomic mass is 19.2. The standard InChI is InChI=1S/C17H15F3O/c1-3-21-15-9-8-14(16(19)17(15)20)13-6-4-12(5-7-13)10-11(2)18/h4-10H,3H2,1-2H3. The van der Waals surface area contributed by atoms with Gasteiger partial charge in [-0.1, -0.05) is 24.3 Å². The molecule has 0 unspecified atom stereocenters. The van der Waals surface area contributed by atoms with Crippen molar-refractivity contribution in [2.45, 2.75) is 13.8 Å². The van der Waals surface area contributed by atoms with E-state index < -0.39 is 11.6 Å². The molecule has 0 bridgehead atoms. The second-order valence-electron chi connectivity index (χ2n) is 4.53. The summed E-state index contributed by atoms with van der Waals surface area (Å²) in [6, 6.07) is 9.39. The van der Waals surface area contributed by atoms with Gasteiger partial charge in [0.05, 0.1) is 12.4 Å². The third kappa shape index (κ3) is 3.45. The predicted molar refractivity (Wildman–Crippen MR) is 77.7 cm³/mol. The van der Waals surface area contributed by atoms with Crippen molar-refractivity contribution in [3.05, 3.63) is 59.4 Å². The largest absolute Gasteiger partial charge is 0.491 e. The molecule has 0 saturated carbocycles. The third-order valence-electron chi connectivity index (χ3n) is 2.93. The molecule has 1 nitrogen and oxygen atoms in total. The van der Waals surface area contributed by atoms with E-state index in [1.165, 1.54) is 25.1 Å². The Morgan fingerprint density at radius 2 is 1.71 bits per heavy atom. The highest BCUT2D eigenvalue weighted by molar-refractivity contribution is 5.67. The van der Waals surface area contributed by atoms with Crippen molar-refractivity contribution >= 4 is 6.08 Å². The molecule has 0 aliphatic rings. The monoisotopic (exact) mass is 292 g/mol. The van der Waals surface area contributed by atoms with E-state index >= 15 is 0 Å². The van der Waals surface area contributed by atoms with E-state index in [-0.39, 0.29) is 23.7 Å². The normalized spacial score (nSPS) is 11.6. The second kappa shape index (κ2) is 6.48. The van der Waals surface area contributed by atoms with E-state index in [1.54, 1.807) is 31.2 Å². The second-order valence-corrected chi connectivity index (χ2v) is 4.53. The Labute approximate surface area is 121 Å². The van der Waals surface area contributed by atoms with Gasteiger partial charge in [-0.2, -0.15) is 4.39 Å². The van der Waals surface area contributed by atoms with Crippen LogP contribution in [0, 0.1) is 11.6 Å². The smallest absolute Gasteiger partial charge is 0.201 e. The number of halogens is 3. The molecule has 0 saturated heterocycles. The van der Waals surface area contributed by atoms with Gasteiger partial charge in [0.25, 0.3) is 0 Å². The van der Waals surface area contributed by atoms with Crippen molar-refractivity contribution in [3.63, 3.8) is 0 Å². The molecule has 0 N–H and O–H groups in total. The summed E-state index contributed by atoms with van der Waals surface area (Å²) in [4.78, 5) is 0. The summed E-state index contributed by atoms with van der Waals surface area (Å²) in [6.07, 6.45) is 1.36. The van der Waals surface area contributed by atoms with E-state index in [4.69, 9.17) is 4.74 Å². The first-order chi connectivity index (χ1) is 10.0. The minimum Gasteiger partial charge on any atom is -0.491 e. The summed E-state index contributed by atoms with van der Waals surface area (Å²) in [7, 11) is 0. The molecule has 0 fully saturated rings. The Kier molecular flexibility index (Phi) is 4.68. The molecule has 0 heterocycles. The zero-order valence-corrected chi connectivity index (χ0v) is 11.8. The Morgan fingerprint density at radius 3 is 2.29 bits per heavy atom. The quantitative estimate of drug-likeness (QED) is 0.737. The van der Waals surface area contributed by atoms with Crippen molar-refractivity contribution in [2.24, 2.45) is 0 Å². The van der Waals surface area contributed by atoms with Gasteiger partial charge in [-0.3, -0.25) is 0 Å². The van der Waals surface area contributed by atoms with Crippen LogP contribution in [0.25, 0.3) is 17.2 Å². The predicted octanol–water partition coefficient (Wildman–Crippen LogP) is 5.36. The van der Waals surface area contributed by atoms with Gasteiger partial charge in [0.2, 0.25) is 5.82 Å². The van der Waals surface area contributed by atoms with E-state index in [0.29, 0.717) is 11.1 Å². The average Bonchev–Trinajstić information content (AvgIpc) is 2.45. The number of rotatable bonds is 4. The number of benzene rings is 2. The maximum Gasteiger partial charge on any atom is 0.201 e. The molecular formula is C17H15F3O. The number of hydrogen-bond donors (Lipinski definition) is 0. The fourth-order valence-electron chi connectivity index (χ4n) is 2.01. The van der Waals surface area contributed by atoms with Gasteiger partial charge in [0, 0.05) is 5.56 Å². The fraction of sp³-hybridized carbons (Fsp3) is 0.176. The maximum absolute atomic E-state index is 14.1. The van der Waals surface area contributed by atoms with Crippen LogP contribution in [-0.2, 0) is 0 Å². The van der Waals surface area contributed by atoms with Crippen LogP contribution in [0.2, 0.25) is 0 Å². The molecule has 2 rings (SSSR count). The first-order valence-corrected chi connectivity index (χ1v) is 6.58. The highest BCUT2D eigenvalue weighted by Crippen LogP contribution is 2.30. The van der Waals surface area contributed by atoms with Crippen LogP contribution in [0.3, 0.4) is 0 Å². The lowest BCUT2D eigenvalue weighted by Crippen LogP contribution is -1.98. The Bertz CT molecular complexity index is 656. The van der Waals surface area contributed by atoms with Crippen molar-refractivity contribution < 1.29 is 17.9 Å². The summed E-state index contributed by atoms with van der Waals surface area (Å²) in [5, 5.41) is 0. The molecule has 21 heavy (non-hydrogen) atoms. The van der Waals surface area contributed by atoms with Crippen LogP contribution in [0.1, 0.15) is 19.4 Å². The van der Waals surface area contributed by atoms with Crippen LogP contribution < -0.4 is 4.74 Å². The first-order valence-electron chi connectivity index (χ1n) is 6.58.